The second kappa shape index (κ2) is 6.33. The molecule has 0 radical (unpaired) electrons. The predicted molar refractivity (Wildman–Crippen MR) is 89.7 cm³/mol. The lowest BCUT2D eigenvalue weighted by Crippen LogP contribution is -2.36. The van der Waals surface area contributed by atoms with Crippen molar-refractivity contribution in [1.29, 1.82) is 0 Å². The van der Waals surface area contributed by atoms with Crippen LogP contribution in [0, 0.1) is 17.3 Å². The van der Waals surface area contributed by atoms with E-state index >= 15 is 0 Å². The van der Waals surface area contributed by atoms with Gasteiger partial charge < -0.3 is 0 Å². The first-order chi connectivity index (χ1) is 9.43. The minimum atomic E-state index is 0.472. The fourth-order valence-electron chi connectivity index (χ4n) is 3.86. The van der Waals surface area contributed by atoms with E-state index in [0.717, 1.165) is 11.8 Å². The van der Waals surface area contributed by atoms with Crippen LogP contribution in [0.25, 0.3) is 0 Å². The van der Waals surface area contributed by atoms with E-state index in [2.05, 4.69) is 52.8 Å². The predicted octanol–water partition coefficient (Wildman–Crippen LogP) is 6.45. The van der Waals surface area contributed by atoms with Crippen LogP contribution in [0.15, 0.2) is 34.9 Å². The molecule has 2 rings (SSSR count). The molecule has 2 aliphatic rings. The zero-order valence-corrected chi connectivity index (χ0v) is 14.1. The molecule has 3 atom stereocenters. The summed E-state index contributed by atoms with van der Waals surface area (Å²) >= 11 is 0. The Balaban J connectivity index is 2.30. The largest absolute Gasteiger partial charge is 0.0853 e. The smallest absolute Gasteiger partial charge is 0.0133 e. The quantitative estimate of drug-likeness (QED) is 0.444. The molecule has 0 saturated heterocycles. The van der Waals surface area contributed by atoms with E-state index < -0.39 is 0 Å². The molecular weight excluding hydrogens is 240 g/mol. The third kappa shape index (κ3) is 3.27. The van der Waals surface area contributed by atoms with E-state index in [1.54, 1.807) is 16.7 Å². The van der Waals surface area contributed by atoms with E-state index in [4.69, 9.17) is 0 Å². The van der Waals surface area contributed by atoms with Gasteiger partial charge in [0.15, 0.2) is 0 Å². The summed E-state index contributed by atoms with van der Waals surface area (Å²) < 4.78 is 0. The number of hydrogen-bond donors (Lipinski definition) is 0. The van der Waals surface area contributed by atoms with Gasteiger partial charge in [-0.2, -0.15) is 0 Å². The van der Waals surface area contributed by atoms with Crippen LogP contribution in [0.1, 0.15) is 73.1 Å². The van der Waals surface area contributed by atoms with Crippen molar-refractivity contribution in [3.63, 3.8) is 0 Å². The molecule has 0 N–H and O–H groups in total. The molecule has 0 aromatic heterocycles. The lowest BCUT2D eigenvalue weighted by atomic mass is 9.59. The zero-order chi connectivity index (χ0) is 14.8. The Morgan fingerprint density at radius 3 is 2.45 bits per heavy atom. The van der Waals surface area contributed by atoms with Gasteiger partial charge in [0.05, 0.1) is 0 Å². The van der Waals surface area contributed by atoms with Gasteiger partial charge in [0.2, 0.25) is 0 Å². The third-order valence-electron chi connectivity index (χ3n) is 6.18. The van der Waals surface area contributed by atoms with Gasteiger partial charge >= 0.3 is 0 Å². The number of fused-ring (bicyclic) bond motifs is 2. The van der Waals surface area contributed by atoms with Gasteiger partial charge in [0, 0.05) is 0 Å². The summed E-state index contributed by atoms with van der Waals surface area (Å²) in [5.74, 6) is 1.53. The maximum Gasteiger partial charge on any atom is -0.0133 e. The highest BCUT2D eigenvalue weighted by atomic mass is 14.4. The third-order valence-corrected chi connectivity index (χ3v) is 6.18. The molecule has 20 heavy (non-hydrogen) atoms. The summed E-state index contributed by atoms with van der Waals surface area (Å²) in [5.41, 5.74) is 5.31. The molecule has 112 valence electrons. The van der Waals surface area contributed by atoms with Crippen molar-refractivity contribution in [2.45, 2.75) is 73.1 Å². The average molecular weight is 272 g/mol. The second-order valence-electron chi connectivity index (χ2n) is 7.49. The maximum atomic E-state index is 2.54. The Morgan fingerprint density at radius 2 is 1.70 bits per heavy atom. The Bertz CT molecular complexity index is 435. The Hall–Kier alpha value is -0.780. The first-order valence-electron chi connectivity index (χ1n) is 8.43. The van der Waals surface area contributed by atoms with Crippen molar-refractivity contribution >= 4 is 0 Å². The summed E-state index contributed by atoms with van der Waals surface area (Å²) in [7, 11) is 0. The van der Waals surface area contributed by atoms with Crippen molar-refractivity contribution in [1.82, 2.24) is 0 Å². The monoisotopic (exact) mass is 272 g/mol. The SMILES string of the molecule is CC1=CCC/C(C)=C/CC2=CC[C@H](C)[C@@](C)(CC1)[C@@H]2C. The van der Waals surface area contributed by atoms with Gasteiger partial charge in [-0.1, -0.05) is 55.7 Å². The Kier molecular flexibility index (Phi) is 4.94. The van der Waals surface area contributed by atoms with Gasteiger partial charge in [-0.25, -0.2) is 0 Å². The molecule has 0 spiro atoms. The molecule has 0 unspecified atom stereocenters. The highest BCUT2D eigenvalue weighted by molar-refractivity contribution is 5.21. The van der Waals surface area contributed by atoms with Crippen molar-refractivity contribution in [3.05, 3.63) is 34.9 Å². The maximum absolute atomic E-state index is 2.54. The van der Waals surface area contributed by atoms with Crippen LogP contribution in [0.3, 0.4) is 0 Å². The van der Waals surface area contributed by atoms with Gasteiger partial charge in [0.25, 0.3) is 0 Å². The molecule has 0 aromatic carbocycles. The number of hydrogen-bond acceptors (Lipinski definition) is 0. The summed E-state index contributed by atoms with van der Waals surface area (Å²) in [6.07, 6.45) is 15.0. The molecule has 0 saturated carbocycles. The number of rotatable bonds is 0. The molecule has 0 aromatic rings. The average Bonchev–Trinajstić information content (AvgIpc) is 2.41. The molecule has 0 amide bonds. The fourth-order valence-corrected chi connectivity index (χ4v) is 3.86. The molecule has 2 aliphatic carbocycles. The fraction of sp³-hybridized carbons (Fsp3) is 0.700. The first-order valence-corrected chi connectivity index (χ1v) is 8.43. The highest BCUT2D eigenvalue weighted by Crippen LogP contribution is 2.49. The summed E-state index contributed by atoms with van der Waals surface area (Å²) in [5, 5.41) is 0. The van der Waals surface area contributed by atoms with Gasteiger partial charge in [-0.3, -0.25) is 0 Å². The van der Waals surface area contributed by atoms with Crippen molar-refractivity contribution < 1.29 is 0 Å². The van der Waals surface area contributed by atoms with Gasteiger partial charge in [-0.05, 0) is 69.6 Å². The zero-order valence-electron chi connectivity index (χ0n) is 14.1. The Morgan fingerprint density at radius 1 is 1.00 bits per heavy atom. The minimum absolute atomic E-state index is 0.472. The molecule has 2 bridgehead atoms. The van der Waals surface area contributed by atoms with E-state index in [1.807, 2.05) is 0 Å². The first kappa shape index (κ1) is 15.6. The van der Waals surface area contributed by atoms with Crippen LogP contribution in [0.4, 0.5) is 0 Å². The second-order valence-corrected chi connectivity index (χ2v) is 7.49. The van der Waals surface area contributed by atoms with Crippen LogP contribution in [0.2, 0.25) is 0 Å². The lowest BCUT2D eigenvalue weighted by Gasteiger charge is -2.45. The normalized spacial score (nSPS) is 38.8. The van der Waals surface area contributed by atoms with Gasteiger partial charge in [0.1, 0.15) is 0 Å². The molecular formula is C20H32. The molecule has 0 heteroatoms. The van der Waals surface area contributed by atoms with E-state index in [9.17, 15) is 0 Å². The Labute approximate surface area is 126 Å². The van der Waals surface area contributed by atoms with Gasteiger partial charge in [-0.15, -0.1) is 0 Å². The van der Waals surface area contributed by atoms with E-state index in [-0.39, 0.29) is 0 Å². The van der Waals surface area contributed by atoms with Crippen molar-refractivity contribution in [2.75, 3.05) is 0 Å². The summed E-state index contributed by atoms with van der Waals surface area (Å²) in [6, 6.07) is 0. The molecule has 0 nitrogen and oxygen atoms in total. The van der Waals surface area contributed by atoms with Crippen LogP contribution >= 0.6 is 0 Å². The van der Waals surface area contributed by atoms with E-state index in [0.29, 0.717) is 5.41 Å². The lowest BCUT2D eigenvalue weighted by molar-refractivity contribution is 0.110. The van der Waals surface area contributed by atoms with Crippen molar-refractivity contribution in [2.24, 2.45) is 17.3 Å². The molecule has 0 fully saturated rings. The topological polar surface area (TPSA) is 0 Å². The summed E-state index contributed by atoms with van der Waals surface area (Å²) in [4.78, 5) is 0. The highest BCUT2D eigenvalue weighted by Gasteiger charge is 2.39. The standard InChI is InChI=1S/C20H32/c1-15-7-6-8-16(2)13-14-20(5)17(3)10-12-19(11-9-15)18(20)4/h8-9,12,17-18H,6-7,10-11,13-14H2,1-5H3/b15-9+,16-8?/t17-,18+,20+/m0/s1. The van der Waals surface area contributed by atoms with E-state index in [1.165, 1.54) is 38.5 Å². The number of allylic oxidation sites excluding steroid dienone is 6. The van der Waals surface area contributed by atoms with Crippen molar-refractivity contribution in [3.8, 4) is 0 Å². The summed E-state index contributed by atoms with van der Waals surface area (Å²) in [6.45, 7) is 12.1. The molecule has 0 aliphatic heterocycles. The van der Waals surface area contributed by atoms with Crippen LogP contribution in [-0.2, 0) is 0 Å². The van der Waals surface area contributed by atoms with Crippen LogP contribution in [0.5, 0.6) is 0 Å². The minimum Gasteiger partial charge on any atom is -0.0853 e. The molecule has 0 heterocycles. The van der Waals surface area contributed by atoms with Crippen LogP contribution in [-0.4, -0.2) is 0 Å². The van der Waals surface area contributed by atoms with Crippen LogP contribution < -0.4 is 0 Å².